The van der Waals surface area contributed by atoms with E-state index >= 15 is 0 Å². The summed E-state index contributed by atoms with van der Waals surface area (Å²) in [5.74, 6) is 0.0417. The fraction of sp³-hybridized carbons (Fsp3) is 0.391. The Morgan fingerprint density at radius 1 is 1.26 bits per heavy atom. The molecule has 1 atom stereocenters. The van der Waals surface area contributed by atoms with Crippen molar-refractivity contribution in [2.45, 2.75) is 38.0 Å². The van der Waals surface area contributed by atoms with Crippen molar-refractivity contribution in [1.82, 2.24) is 4.31 Å². The molecule has 31 heavy (non-hydrogen) atoms. The van der Waals surface area contributed by atoms with Crippen molar-refractivity contribution in [3.63, 3.8) is 0 Å². The van der Waals surface area contributed by atoms with Gasteiger partial charge in [0, 0.05) is 18.8 Å². The Balaban J connectivity index is 1.69. The number of anilines is 1. The van der Waals surface area contributed by atoms with Crippen LogP contribution in [0.25, 0.3) is 0 Å². The van der Waals surface area contributed by atoms with Crippen molar-refractivity contribution in [3.05, 3.63) is 53.6 Å². The largest absolute Gasteiger partial charge is 0.494 e. The van der Waals surface area contributed by atoms with Crippen molar-refractivity contribution >= 4 is 21.6 Å². The van der Waals surface area contributed by atoms with E-state index in [-0.39, 0.29) is 17.3 Å². The third kappa shape index (κ3) is 5.43. The summed E-state index contributed by atoms with van der Waals surface area (Å²) >= 11 is 0. The molecule has 0 bridgehead atoms. The van der Waals surface area contributed by atoms with Gasteiger partial charge in [-0.2, -0.15) is 9.57 Å². The number of nitrogens with one attached hydrogen (secondary N) is 1. The molecule has 0 unspecified atom stereocenters. The number of hydrogen-bond donors (Lipinski definition) is 1. The summed E-state index contributed by atoms with van der Waals surface area (Å²) in [6, 6.07) is 14.0. The standard InChI is InChI=1S/C23H27N3O4S/c1-3-30-22-11-10-21(15-17(22)2)31(28,29)26-14-4-5-19(16-26)23(27)25-20-8-6-18(7-9-20)12-13-24/h6-11,15,19H,3-5,12,14,16H2,1-2H3,(H,25,27)/t19-/m1/s1. The second-order valence-corrected chi connectivity index (χ2v) is 9.52. The molecule has 1 amide bonds. The van der Waals surface area contributed by atoms with Crippen LogP contribution in [0.5, 0.6) is 5.75 Å². The zero-order valence-corrected chi connectivity index (χ0v) is 18.6. The fourth-order valence-electron chi connectivity index (χ4n) is 3.67. The summed E-state index contributed by atoms with van der Waals surface area (Å²) in [4.78, 5) is 13.0. The van der Waals surface area contributed by atoms with Gasteiger partial charge in [0.15, 0.2) is 0 Å². The molecule has 1 aliphatic rings. The Morgan fingerprint density at radius 2 is 2.00 bits per heavy atom. The van der Waals surface area contributed by atoms with Crippen LogP contribution in [0.4, 0.5) is 5.69 Å². The third-order valence-electron chi connectivity index (χ3n) is 5.34. The number of nitriles is 1. The van der Waals surface area contributed by atoms with Crippen LogP contribution in [0.2, 0.25) is 0 Å². The molecule has 7 nitrogen and oxygen atoms in total. The van der Waals surface area contributed by atoms with Crippen LogP contribution in [0.1, 0.15) is 30.9 Å². The van der Waals surface area contributed by atoms with E-state index in [0.717, 1.165) is 11.1 Å². The number of nitrogens with zero attached hydrogens (tertiary/aromatic N) is 2. The highest BCUT2D eigenvalue weighted by atomic mass is 32.2. The molecule has 8 heteroatoms. The average molecular weight is 442 g/mol. The van der Waals surface area contributed by atoms with Gasteiger partial charge in [-0.3, -0.25) is 4.79 Å². The number of hydrogen-bond acceptors (Lipinski definition) is 5. The van der Waals surface area contributed by atoms with Gasteiger partial charge in [-0.05, 0) is 68.1 Å². The molecular formula is C23H27N3O4S. The number of carbonyl (C=O) groups excluding carboxylic acids is 1. The van der Waals surface area contributed by atoms with Crippen molar-refractivity contribution in [3.8, 4) is 11.8 Å². The molecule has 0 aliphatic carbocycles. The highest BCUT2D eigenvalue weighted by Gasteiger charge is 2.33. The number of piperidine rings is 1. The van der Waals surface area contributed by atoms with Crippen molar-refractivity contribution < 1.29 is 17.9 Å². The number of ether oxygens (including phenoxy) is 1. The predicted molar refractivity (Wildman–Crippen MR) is 118 cm³/mol. The van der Waals surface area contributed by atoms with Crippen LogP contribution < -0.4 is 10.1 Å². The Hall–Kier alpha value is -2.89. The van der Waals surface area contributed by atoms with Gasteiger partial charge in [-0.15, -0.1) is 0 Å². The molecule has 1 heterocycles. The molecule has 0 radical (unpaired) electrons. The Bertz CT molecular complexity index is 1070. The number of rotatable bonds is 7. The van der Waals surface area contributed by atoms with Crippen molar-refractivity contribution in [1.29, 1.82) is 5.26 Å². The lowest BCUT2D eigenvalue weighted by Crippen LogP contribution is -2.43. The van der Waals surface area contributed by atoms with E-state index in [1.165, 1.54) is 4.31 Å². The number of benzene rings is 2. The molecule has 0 spiro atoms. The topological polar surface area (TPSA) is 99.5 Å². The maximum absolute atomic E-state index is 13.2. The fourth-order valence-corrected chi connectivity index (χ4v) is 5.27. The van der Waals surface area contributed by atoms with E-state index in [2.05, 4.69) is 11.4 Å². The minimum atomic E-state index is -3.70. The first-order chi connectivity index (χ1) is 14.8. The normalized spacial score (nSPS) is 17.0. The minimum Gasteiger partial charge on any atom is -0.494 e. The average Bonchev–Trinajstić information content (AvgIpc) is 2.77. The van der Waals surface area contributed by atoms with E-state index in [1.54, 1.807) is 42.5 Å². The van der Waals surface area contributed by atoms with Crippen LogP contribution in [-0.4, -0.2) is 38.3 Å². The van der Waals surface area contributed by atoms with Gasteiger partial charge in [0.25, 0.3) is 0 Å². The zero-order chi connectivity index (χ0) is 22.4. The number of sulfonamides is 1. The molecule has 1 saturated heterocycles. The molecular weight excluding hydrogens is 414 g/mol. The van der Waals surface area contributed by atoms with Gasteiger partial charge >= 0.3 is 0 Å². The molecule has 1 N–H and O–H groups in total. The van der Waals surface area contributed by atoms with Gasteiger partial charge in [0.1, 0.15) is 5.75 Å². The monoisotopic (exact) mass is 441 g/mol. The summed E-state index contributed by atoms with van der Waals surface area (Å²) in [5.41, 5.74) is 2.27. The molecule has 2 aromatic carbocycles. The number of amides is 1. The Morgan fingerprint density at radius 3 is 2.65 bits per heavy atom. The predicted octanol–water partition coefficient (Wildman–Crippen LogP) is 3.50. The highest BCUT2D eigenvalue weighted by Crippen LogP contribution is 2.28. The van der Waals surface area contributed by atoms with Gasteiger partial charge in [0.05, 0.1) is 29.9 Å². The zero-order valence-electron chi connectivity index (χ0n) is 17.8. The van der Waals surface area contributed by atoms with E-state index in [9.17, 15) is 13.2 Å². The second-order valence-electron chi connectivity index (χ2n) is 7.58. The molecule has 2 aromatic rings. The number of aryl methyl sites for hydroxylation is 1. The lowest BCUT2D eigenvalue weighted by atomic mass is 9.98. The third-order valence-corrected chi connectivity index (χ3v) is 7.20. The van der Waals surface area contributed by atoms with Gasteiger partial charge in [-0.25, -0.2) is 8.42 Å². The van der Waals surface area contributed by atoms with Crippen LogP contribution in [0.3, 0.4) is 0 Å². The quantitative estimate of drug-likeness (QED) is 0.709. The molecule has 3 rings (SSSR count). The van der Waals surface area contributed by atoms with Crippen molar-refractivity contribution in [2.75, 3.05) is 25.0 Å². The van der Waals surface area contributed by atoms with Crippen LogP contribution in [0, 0.1) is 24.2 Å². The summed E-state index contributed by atoms with van der Waals surface area (Å²) in [5, 5.41) is 11.6. The molecule has 0 saturated carbocycles. The first kappa shape index (κ1) is 22.8. The van der Waals surface area contributed by atoms with Crippen molar-refractivity contribution in [2.24, 2.45) is 5.92 Å². The number of carbonyl (C=O) groups is 1. The summed E-state index contributed by atoms with van der Waals surface area (Å²) < 4.78 is 33.2. The lowest BCUT2D eigenvalue weighted by Gasteiger charge is -2.31. The van der Waals surface area contributed by atoms with E-state index in [4.69, 9.17) is 10.00 Å². The Labute approximate surface area is 183 Å². The maximum Gasteiger partial charge on any atom is 0.243 e. The van der Waals surface area contributed by atoms with Gasteiger partial charge < -0.3 is 10.1 Å². The first-order valence-electron chi connectivity index (χ1n) is 10.4. The van der Waals surface area contributed by atoms with Gasteiger partial charge in [-0.1, -0.05) is 12.1 Å². The molecule has 0 aromatic heterocycles. The Kier molecular flexibility index (Phi) is 7.31. The summed E-state index contributed by atoms with van der Waals surface area (Å²) in [7, 11) is -3.70. The molecule has 164 valence electrons. The van der Waals surface area contributed by atoms with E-state index in [0.29, 0.717) is 43.9 Å². The maximum atomic E-state index is 13.2. The van der Waals surface area contributed by atoms with E-state index in [1.807, 2.05) is 13.8 Å². The molecule has 1 fully saturated rings. The summed E-state index contributed by atoms with van der Waals surface area (Å²) in [6.45, 7) is 4.74. The van der Waals surface area contributed by atoms with Crippen LogP contribution in [-0.2, 0) is 21.2 Å². The van der Waals surface area contributed by atoms with E-state index < -0.39 is 15.9 Å². The molecule has 1 aliphatic heterocycles. The highest BCUT2D eigenvalue weighted by molar-refractivity contribution is 7.89. The minimum absolute atomic E-state index is 0.146. The van der Waals surface area contributed by atoms with Crippen LogP contribution >= 0.6 is 0 Å². The smallest absolute Gasteiger partial charge is 0.243 e. The second kappa shape index (κ2) is 9.94. The van der Waals surface area contributed by atoms with Gasteiger partial charge in [0.2, 0.25) is 15.9 Å². The van der Waals surface area contributed by atoms with Crippen LogP contribution in [0.15, 0.2) is 47.4 Å². The lowest BCUT2D eigenvalue weighted by molar-refractivity contribution is -0.120. The SMILES string of the molecule is CCOc1ccc(S(=O)(=O)N2CCC[C@@H](C(=O)Nc3ccc(CC#N)cc3)C2)cc1C. The summed E-state index contributed by atoms with van der Waals surface area (Å²) in [6.07, 6.45) is 1.57. The first-order valence-corrected chi connectivity index (χ1v) is 11.8.